The Kier molecular flexibility index (Phi) is 5.87. The predicted octanol–water partition coefficient (Wildman–Crippen LogP) is 2.78. The normalized spacial score (nSPS) is 17.7. The number of anilines is 2. The third-order valence-corrected chi connectivity index (χ3v) is 6.30. The molecule has 2 saturated heterocycles. The molecule has 28 heavy (non-hydrogen) atoms. The van der Waals surface area contributed by atoms with Crippen LogP contribution in [-0.2, 0) is 0 Å². The van der Waals surface area contributed by atoms with Crippen LogP contribution in [0.15, 0.2) is 30.6 Å². The number of nitrogens with zero attached hydrogens (tertiary/aromatic N) is 5. The zero-order valence-electron chi connectivity index (χ0n) is 15.4. The van der Waals surface area contributed by atoms with Crippen molar-refractivity contribution in [2.75, 3.05) is 60.6 Å². The number of carbonyl (C=O) groups excluding carboxylic acids is 1. The summed E-state index contributed by atoms with van der Waals surface area (Å²) in [4.78, 5) is 27.6. The minimum atomic E-state index is -0.583. The summed E-state index contributed by atoms with van der Waals surface area (Å²) in [7, 11) is 0. The topological polar surface area (TPSA) is 52.6 Å². The highest BCUT2D eigenvalue weighted by Crippen LogP contribution is 2.24. The number of halogens is 2. The van der Waals surface area contributed by atoms with E-state index in [1.165, 1.54) is 18.2 Å². The van der Waals surface area contributed by atoms with E-state index in [2.05, 4.69) is 19.8 Å². The van der Waals surface area contributed by atoms with E-state index in [1.807, 2.05) is 17.8 Å². The second-order valence-electron chi connectivity index (χ2n) is 6.71. The predicted molar refractivity (Wildman–Crippen MR) is 111 cm³/mol. The molecule has 2 fully saturated rings. The van der Waals surface area contributed by atoms with Gasteiger partial charge in [-0.2, -0.15) is 11.8 Å². The van der Waals surface area contributed by atoms with E-state index in [0.717, 1.165) is 36.2 Å². The van der Waals surface area contributed by atoms with Crippen LogP contribution in [0, 0.1) is 5.82 Å². The van der Waals surface area contributed by atoms with Gasteiger partial charge in [0.1, 0.15) is 23.8 Å². The molecule has 3 heterocycles. The molecule has 0 saturated carbocycles. The van der Waals surface area contributed by atoms with Gasteiger partial charge in [-0.05, 0) is 12.1 Å². The summed E-state index contributed by atoms with van der Waals surface area (Å²) in [6.45, 7) is 4.22. The van der Waals surface area contributed by atoms with Gasteiger partial charge in [0.25, 0.3) is 5.91 Å². The van der Waals surface area contributed by atoms with Crippen molar-refractivity contribution in [3.8, 4) is 0 Å². The molecule has 2 aromatic rings. The summed E-state index contributed by atoms with van der Waals surface area (Å²) in [6.07, 6.45) is 1.60. The van der Waals surface area contributed by atoms with E-state index in [0.29, 0.717) is 26.2 Å². The van der Waals surface area contributed by atoms with Gasteiger partial charge in [0, 0.05) is 56.8 Å². The molecule has 1 aromatic carbocycles. The lowest BCUT2D eigenvalue weighted by Gasteiger charge is -2.36. The molecule has 2 aliphatic rings. The van der Waals surface area contributed by atoms with E-state index < -0.39 is 5.82 Å². The lowest BCUT2D eigenvalue weighted by atomic mass is 10.1. The molecule has 9 heteroatoms. The van der Waals surface area contributed by atoms with Gasteiger partial charge in [-0.3, -0.25) is 4.79 Å². The van der Waals surface area contributed by atoms with E-state index in [4.69, 9.17) is 11.6 Å². The van der Waals surface area contributed by atoms with Gasteiger partial charge in [0.2, 0.25) is 0 Å². The quantitative estimate of drug-likeness (QED) is 0.759. The van der Waals surface area contributed by atoms with Crippen LogP contribution in [0.2, 0.25) is 5.02 Å². The number of piperazine rings is 1. The molecule has 6 nitrogen and oxygen atoms in total. The van der Waals surface area contributed by atoms with Crippen molar-refractivity contribution in [1.29, 1.82) is 0 Å². The molecule has 0 aliphatic carbocycles. The second-order valence-corrected chi connectivity index (χ2v) is 8.34. The van der Waals surface area contributed by atoms with E-state index in [1.54, 1.807) is 11.2 Å². The minimum Gasteiger partial charge on any atom is -0.355 e. The van der Waals surface area contributed by atoms with Crippen LogP contribution in [0.25, 0.3) is 0 Å². The first kappa shape index (κ1) is 19.3. The second kappa shape index (κ2) is 8.53. The third kappa shape index (κ3) is 4.03. The number of amides is 1. The first-order valence-electron chi connectivity index (χ1n) is 9.26. The van der Waals surface area contributed by atoms with Crippen LogP contribution >= 0.6 is 23.4 Å². The smallest absolute Gasteiger partial charge is 0.258 e. The number of hydrogen-bond acceptors (Lipinski definition) is 6. The van der Waals surface area contributed by atoms with Crippen molar-refractivity contribution < 1.29 is 9.18 Å². The molecule has 4 rings (SSSR count). The Morgan fingerprint density at radius 3 is 2.29 bits per heavy atom. The van der Waals surface area contributed by atoms with Crippen LogP contribution in [0.1, 0.15) is 10.4 Å². The fourth-order valence-corrected chi connectivity index (χ4v) is 4.62. The van der Waals surface area contributed by atoms with E-state index in [9.17, 15) is 9.18 Å². The van der Waals surface area contributed by atoms with Gasteiger partial charge in [-0.25, -0.2) is 14.4 Å². The van der Waals surface area contributed by atoms with E-state index >= 15 is 0 Å². The summed E-state index contributed by atoms with van der Waals surface area (Å²) < 4.78 is 14.1. The zero-order valence-corrected chi connectivity index (χ0v) is 16.9. The van der Waals surface area contributed by atoms with Crippen LogP contribution in [0.3, 0.4) is 0 Å². The van der Waals surface area contributed by atoms with Crippen LogP contribution in [-0.4, -0.2) is 71.5 Å². The van der Waals surface area contributed by atoms with Crippen LogP contribution in [0.5, 0.6) is 0 Å². The SMILES string of the molecule is O=C(c1c(F)cccc1Cl)N1CCN(c2cc(N3CCSCC3)ncn2)CC1. The zero-order chi connectivity index (χ0) is 19.5. The first-order chi connectivity index (χ1) is 13.6. The molecule has 1 amide bonds. The number of aromatic nitrogens is 2. The first-order valence-corrected chi connectivity index (χ1v) is 10.8. The molecular weight excluding hydrogens is 401 g/mol. The van der Waals surface area contributed by atoms with Gasteiger partial charge in [-0.1, -0.05) is 17.7 Å². The number of hydrogen-bond donors (Lipinski definition) is 0. The number of rotatable bonds is 3. The number of benzene rings is 1. The molecule has 0 radical (unpaired) electrons. The van der Waals surface area contributed by atoms with Crippen molar-refractivity contribution in [3.63, 3.8) is 0 Å². The fourth-order valence-electron chi connectivity index (χ4n) is 3.47. The Hall–Kier alpha value is -2.06. The van der Waals surface area contributed by atoms with Crippen molar-refractivity contribution in [2.45, 2.75) is 0 Å². The molecule has 1 aromatic heterocycles. The highest BCUT2D eigenvalue weighted by atomic mass is 35.5. The summed E-state index contributed by atoms with van der Waals surface area (Å²) in [5, 5.41) is 0.146. The van der Waals surface area contributed by atoms with Crippen LogP contribution in [0.4, 0.5) is 16.0 Å². The molecular formula is C19H21ClFN5OS. The van der Waals surface area contributed by atoms with Crippen molar-refractivity contribution >= 4 is 40.9 Å². The van der Waals surface area contributed by atoms with Crippen molar-refractivity contribution in [1.82, 2.24) is 14.9 Å². The Balaban J connectivity index is 1.42. The maximum atomic E-state index is 14.1. The van der Waals surface area contributed by atoms with Gasteiger partial charge < -0.3 is 14.7 Å². The Bertz CT molecular complexity index is 836. The lowest BCUT2D eigenvalue weighted by Crippen LogP contribution is -2.49. The molecule has 0 spiro atoms. The molecule has 2 aliphatic heterocycles. The molecule has 0 N–H and O–H groups in total. The Morgan fingerprint density at radius 2 is 1.64 bits per heavy atom. The minimum absolute atomic E-state index is 0.0510. The fraction of sp³-hybridized carbons (Fsp3) is 0.421. The maximum absolute atomic E-state index is 14.1. The third-order valence-electron chi connectivity index (χ3n) is 5.04. The number of carbonyl (C=O) groups is 1. The molecule has 148 valence electrons. The Labute approximate surface area is 172 Å². The maximum Gasteiger partial charge on any atom is 0.258 e. The van der Waals surface area contributed by atoms with Crippen molar-refractivity contribution in [3.05, 3.63) is 47.0 Å². The standard InChI is InChI=1S/C19H21ClFN5OS/c20-14-2-1-3-15(21)18(14)19(27)26-6-4-24(5-7-26)16-12-17(23-13-22-16)25-8-10-28-11-9-25/h1-3,12-13H,4-11H2. The summed E-state index contributed by atoms with van der Waals surface area (Å²) in [5.41, 5.74) is -0.0510. The average Bonchev–Trinajstić information content (AvgIpc) is 2.74. The van der Waals surface area contributed by atoms with Crippen LogP contribution < -0.4 is 9.80 Å². The van der Waals surface area contributed by atoms with Gasteiger partial charge in [-0.15, -0.1) is 0 Å². The van der Waals surface area contributed by atoms with E-state index in [-0.39, 0.29) is 16.5 Å². The van der Waals surface area contributed by atoms with Gasteiger partial charge in [0.05, 0.1) is 10.6 Å². The lowest BCUT2D eigenvalue weighted by molar-refractivity contribution is 0.0742. The summed E-state index contributed by atoms with van der Waals surface area (Å²) in [5.74, 6) is 3.08. The molecule has 0 bridgehead atoms. The highest BCUT2D eigenvalue weighted by Gasteiger charge is 2.26. The van der Waals surface area contributed by atoms with Gasteiger partial charge >= 0.3 is 0 Å². The highest BCUT2D eigenvalue weighted by molar-refractivity contribution is 7.99. The molecule has 0 unspecified atom stereocenters. The largest absolute Gasteiger partial charge is 0.355 e. The number of thioether (sulfide) groups is 1. The average molecular weight is 422 g/mol. The monoisotopic (exact) mass is 421 g/mol. The van der Waals surface area contributed by atoms with Gasteiger partial charge in [0.15, 0.2) is 0 Å². The summed E-state index contributed by atoms with van der Waals surface area (Å²) in [6, 6.07) is 6.31. The molecule has 0 atom stereocenters. The van der Waals surface area contributed by atoms with Crippen molar-refractivity contribution in [2.24, 2.45) is 0 Å². The summed E-state index contributed by atoms with van der Waals surface area (Å²) >= 11 is 8.00. The Morgan fingerprint density at radius 1 is 1.00 bits per heavy atom.